The zero-order valence-corrected chi connectivity index (χ0v) is 18.8. The van der Waals surface area contributed by atoms with Crippen molar-refractivity contribution in [3.8, 4) is 5.75 Å². The number of nitrogens with zero attached hydrogens (tertiary/aromatic N) is 2. The maximum atomic E-state index is 12.8. The van der Waals surface area contributed by atoms with E-state index < -0.39 is 6.04 Å². The van der Waals surface area contributed by atoms with Crippen molar-refractivity contribution in [3.63, 3.8) is 0 Å². The van der Waals surface area contributed by atoms with Gasteiger partial charge in [-0.25, -0.2) is 4.90 Å². The molecule has 0 spiro atoms. The number of anilines is 1. The molecule has 4 rings (SSSR count). The minimum absolute atomic E-state index is 0.154. The molecule has 0 unspecified atom stereocenters. The van der Waals surface area contributed by atoms with E-state index in [-0.39, 0.29) is 18.2 Å². The van der Waals surface area contributed by atoms with Crippen LogP contribution in [0.2, 0.25) is 0 Å². The molecule has 0 radical (unpaired) electrons. The molecule has 2 aliphatic heterocycles. The van der Waals surface area contributed by atoms with E-state index in [4.69, 9.17) is 4.74 Å². The number of likely N-dealkylation sites (tertiary alicyclic amines) is 1. The summed E-state index contributed by atoms with van der Waals surface area (Å²) in [5, 5.41) is 3.31. The Bertz CT molecular complexity index is 892. The van der Waals surface area contributed by atoms with Gasteiger partial charge < -0.3 is 15.0 Å². The van der Waals surface area contributed by atoms with Crippen LogP contribution in [0, 0.1) is 5.92 Å². The number of ether oxygens (including phenoxy) is 1. The molecular weight excluding hydrogens is 402 g/mol. The van der Waals surface area contributed by atoms with Gasteiger partial charge in [0.05, 0.1) is 24.8 Å². The fourth-order valence-corrected chi connectivity index (χ4v) is 4.68. The number of imide groups is 1. The van der Waals surface area contributed by atoms with Gasteiger partial charge >= 0.3 is 0 Å². The Morgan fingerprint density at radius 2 is 1.72 bits per heavy atom. The molecular formula is C26H33N3O3. The molecule has 0 aliphatic carbocycles. The highest BCUT2D eigenvalue weighted by atomic mass is 16.5. The first-order chi connectivity index (χ1) is 15.6. The maximum absolute atomic E-state index is 12.8. The minimum Gasteiger partial charge on any atom is -0.494 e. The Kier molecular flexibility index (Phi) is 7.55. The molecule has 0 aromatic heterocycles. The average Bonchev–Trinajstić information content (AvgIpc) is 3.09. The van der Waals surface area contributed by atoms with Crippen LogP contribution >= 0.6 is 0 Å². The number of benzene rings is 2. The summed E-state index contributed by atoms with van der Waals surface area (Å²) in [6, 6.07) is 17.4. The number of rotatable bonds is 9. The van der Waals surface area contributed by atoms with E-state index in [1.807, 2.05) is 6.92 Å². The normalized spacial score (nSPS) is 20.2. The van der Waals surface area contributed by atoms with E-state index in [1.165, 1.54) is 23.3 Å². The van der Waals surface area contributed by atoms with Gasteiger partial charge in [-0.15, -0.1) is 0 Å². The Hall–Kier alpha value is -2.70. The van der Waals surface area contributed by atoms with Gasteiger partial charge in [0.2, 0.25) is 5.91 Å². The highest BCUT2D eigenvalue weighted by Crippen LogP contribution is 2.25. The van der Waals surface area contributed by atoms with Crippen molar-refractivity contribution in [1.82, 2.24) is 10.2 Å². The monoisotopic (exact) mass is 435 g/mol. The molecule has 1 N–H and O–H groups in total. The molecule has 2 saturated heterocycles. The minimum atomic E-state index is -0.440. The first-order valence-corrected chi connectivity index (χ1v) is 11.7. The first kappa shape index (κ1) is 22.5. The van der Waals surface area contributed by atoms with Gasteiger partial charge in [0.25, 0.3) is 5.91 Å². The van der Waals surface area contributed by atoms with Gasteiger partial charge in [-0.2, -0.15) is 0 Å². The standard InChI is InChI=1S/C26H33N3O3/c1-2-32-23-10-8-22(9-11-23)29-25(30)19-24(26(29)31)27-14-17-28-15-12-21(13-16-28)18-20-6-4-3-5-7-20/h3-11,21,24,27H,2,12-19H2,1H3/t24-/m0/s1. The van der Waals surface area contributed by atoms with Gasteiger partial charge in [0.1, 0.15) is 5.75 Å². The lowest BCUT2D eigenvalue weighted by Gasteiger charge is -2.32. The van der Waals surface area contributed by atoms with Crippen molar-refractivity contribution in [3.05, 3.63) is 60.2 Å². The number of piperidine rings is 1. The Labute approximate surface area is 190 Å². The fraction of sp³-hybridized carbons (Fsp3) is 0.462. The number of carbonyl (C=O) groups is 2. The predicted molar refractivity (Wildman–Crippen MR) is 126 cm³/mol. The molecule has 170 valence electrons. The fourth-order valence-electron chi connectivity index (χ4n) is 4.68. The smallest absolute Gasteiger partial charge is 0.251 e. The van der Waals surface area contributed by atoms with Crippen LogP contribution in [-0.4, -0.2) is 55.5 Å². The van der Waals surface area contributed by atoms with Crippen LogP contribution in [0.3, 0.4) is 0 Å². The SMILES string of the molecule is CCOc1ccc(N2C(=O)C[C@H](NCCN3CCC(Cc4ccccc4)CC3)C2=O)cc1. The summed E-state index contributed by atoms with van der Waals surface area (Å²) in [4.78, 5) is 29.1. The lowest BCUT2D eigenvalue weighted by molar-refractivity contribution is -0.121. The largest absolute Gasteiger partial charge is 0.494 e. The summed E-state index contributed by atoms with van der Waals surface area (Å²) in [5.74, 6) is 1.16. The van der Waals surface area contributed by atoms with Crippen LogP contribution in [0.1, 0.15) is 31.7 Å². The molecule has 32 heavy (non-hydrogen) atoms. The Morgan fingerprint density at radius 3 is 2.41 bits per heavy atom. The van der Waals surface area contributed by atoms with E-state index in [0.717, 1.165) is 37.7 Å². The third-order valence-electron chi connectivity index (χ3n) is 6.45. The van der Waals surface area contributed by atoms with Crippen molar-refractivity contribution >= 4 is 17.5 Å². The van der Waals surface area contributed by atoms with Crippen LogP contribution in [-0.2, 0) is 16.0 Å². The molecule has 2 amide bonds. The lowest BCUT2D eigenvalue weighted by atomic mass is 9.90. The van der Waals surface area contributed by atoms with Crippen LogP contribution in [0.25, 0.3) is 0 Å². The first-order valence-electron chi connectivity index (χ1n) is 11.7. The summed E-state index contributed by atoms with van der Waals surface area (Å²) >= 11 is 0. The van der Waals surface area contributed by atoms with Crippen molar-refractivity contribution in [2.45, 2.75) is 38.6 Å². The van der Waals surface area contributed by atoms with Crippen molar-refractivity contribution < 1.29 is 14.3 Å². The number of hydrogen-bond donors (Lipinski definition) is 1. The molecule has 2 aliphatic rings. The van der Waals surface area contributed by atoms with E-state index in [2.05, 4.69) is 40.5 Å². The number of nitrogens with one attached hydrogen (secondary N) is 1. The summed E-state index contributed by atoms with van der Waals surface area (Å²) in [7, 11) is 0. The average molecular weight is 436 g/mol. The second-order valence-corrected chi connectivity index (χ2v) is 8.68. The Morgan fingerprint density at radius 1 is 1.00 bits per heavy atom. The van der Waals surface area contributed by atoms with E-state index in [1.54, 1.807) is 24.3 Å². The van der Waals surface area contributed by atoms with Crippen LogP contribution in [0.5, 0.6) is 5.75 Å². The van der Waals surface area contributed by atoms with Gasteiger partial charge in [0.15, 0.2) is 0 Å². The number of amides is 2. The lowest BCUT2D eigenvalue weighted by Crippen LogP contribution is -2.44. The maximum Gasteiger partial charge on any atom is 0.251 e. The Balaban J connectivity index is 1.20. The molecule has 6 heteroatoms. The molecule has 2 fully saturated rings. The van der Waals surface area contributed by atoms with E-state index in [0.29, 0.717) is 18.8 Å². The highest BCUT2D eigenvalue weighted by molar-refractivity contribution is 6.22. The zero-order chi connectivity index (χ0) is 22.3. The zero-order valence-electron chi connectivity index (χ0n) is 18.8. The second kappa shape index (κ2) is 10.7. The van der Waals surface area contributed by atoms with Crippen LogP contribution in [0.15, 0.2) is 54.6 Å². The van der Waals surface area contributed by atoms with E-state index >= 15 is 0 Å². The second-order valence-electron chi connectivity index (χ2n) is 8.68. The molecule has 6 nitrogen and oxygen atoms in total. The highest BCUT2D eigenvalue weighted by Gasteiger charge is 2.39. The van der Waals surface area contributed by atoms with E-state index in [9.17, 15) is 9.59 Å². The van der Waals surface area contributed by atoms with Gasteiger partial charge in [-0.05, 0) is 75.0 Å². The number of carbonyl (C=O) groups excluding carboxylic acids is 2. The van der Waals surface area contributed by atoms with Crippen LogP contribution < -0.4 is 15.0 Å². The predicted octanol–water partition coefficient (Wildman–Crippen LogP) is 3.26. The van der Waals surface area contributed by atoms with Crippen molar-refractivity contribution in [2.75, 3.05) is 37.7 Å². The quantitative estimate of drug-likeness (QED) is 0.613. The molecule has 0 saturated carbocycles. The summed E-state index contributed by atoms with van der Waals surface area (Å²) in [6.45, 7) is 6.30. The summed E-state index contributed by atoms with van der Waals surface area (Å²) in [6.07, 6.45) is 3.79. The van der Waals surface area contributed by atoms with Crippen molar-refractivity contribution in [1.29, 1.82) is 0 Å². The topological polar surface area (TPSA) is 61.9 Å². The number of hydrogen-bond acceptors (Lipinski definition) is 5. The third-order valence-corrected chi connectivity index (χ3v) is 6.45. The van der Waals surface area contributed by atoms with Gasteiger partial charge in [0, 0.05) is 13.1 Å². The molecule has 2 aromatic rings. The molecule has 0 bridgehead atoms. The third kappa shape index (κ3) is 5.56. The summed E-state index contributed by atoms with van der Waals surface area (Å²) < 4.78 is 5.44. The molecule has 2 heterocycles. The van der Waals surface area contributed by atoms with Gasteiger partial charge in [-0.1, -0.05) is 30.3 Å². The van der Waals surface area contributed by atoms with Crippen LogP contribution in [0.4, 0.5) is 5.69 Å². The molecule has 2 aromatic carbocycles. The molecule has 1 atom stereocenters. The van der Waals surface area contributed by atoms with Crippen molar-refractivity contribution in [2.24, 2.45) is 5.92 Å². The van der Waals surface area contributed by atoms with Gasteiger partial charge in [-0.3, -0.25) is 9.59 Å². The summed E-state index contributed by atoms with van der Waals surface area (Å²) in [5.41, 5.74) is 2.03.